The molecule has 1 saturated heterocycles. The largest absolute Gasteiger partial charge is 0.394 e. The maximum Gasteiger partial charge on any atom is 0.246 e. The van der Waals surface area contributed by atoms with Gasteiger partial charge in [0.15, 0.2) is 0 Å². The van der Waals surface area contributed by atoms with Gasteiger partial charge in [-0.3, -0.25) is 4.79 Å². The average Bonchev–Trinajstić information content (AvgIpc) is 2.78. The number of carbonyl (C=O) groups is 1. The first-order chi connectivity index (χ1) is 10.2. The second-order valence-electron chi connectivity index (χ2n) is 5.29. The number of aliphatic hydroxyl groups excluding tert-OH is 1. The molecule has 110 valence electrons. The number of nitrogens with zero attached hydrogens (tertiary/aromatic N) is 2. The summed E-state index contributed by atoms with van der Waals surface area (Å²) in [6, 6.07) is 9.14. The van der Waals surface area contributed by atoms with Gasteiger partial charge in [-0.05, 0) is 36.6 Å². The first kappa shape index (κ1) is 15.3. The Morgan fingerprint density at radius 1 is 1.43 bits per heavy atom. The second-order valence-corrected chi connectivity index (χ2v) is 5.29. The predicted octanol–water partition coefficient (Wildman–Crippen LogP) is 2.33. The van der Waals surface area contributed by atoms with Crippen LogP contribution in [0.25, 0.3) is 6.08 Å². The van der Waals surface area contributed by atoms with Crippen LogP contribution in [-0.2, 0) is 4.79 Å². The number of carbonyl (C=O) groups excluding carboxylic acids is 1. The number of rotatable bonds is 3. The number of nitriles is 1. The van der Waals surface area contributed by atoms with Crippen LogP contribution in [0.5, 0.6) is 0 Å². The lowest BCUT2D eigenvalue weighted by Gasteiger charge is -2.27. The summed E-state index contributed by atoms with van der Waals surface area (Å²) in [6.07, 6.45) is 7.27. The van der Waals surface area contributed by atoms with Crippen molar-refractivity contribution < 1.29 is 9.90 Å². The molecular weight excluding hydrogens is 264 g/mol. The SMILES string of the molecule is N#Cc1cccc(/C=C/C(=O)N2CCCCCC2CO)c1. The zero-order valence-corrected chi connectivity index (χ0v) is 12.0. The van der Waals surface area contributed by atoms with Gasteiger partial charge in [0.05, 0.1) is 24.3 Å². The van der Waals surface area contributed by atoms with Gasteiger partial charge in [0.25, 0.3) is 0 Å². The number of likely N-dealkylation sites (tertiary alicyclic amines) is 1. The molecule has 4 heteroatoms. The zero-order chi connectivity index (χ0) is 15.1. The molecule has 1 aliphatic heterocycles. The number of hydrogen-bond acceptors (Lipinski definition) is 3. The lowest BCUT2D eigenvalue weighted by atomic mass is 10.1. The number of hydrogen-bond donors (Lipinski definition) is 1. The molecule has 4 nitrogen and oxygen atoms in total. The van der Waals surface area contributed by atoms with Crippen molar-refractivity contribution in [3.63, 3.8) is 0 Å². The van der Waals surface area contributed by atoms with E-state index in [2.05, 4.69) is 6.07 Å². The molecule has 1 fully saturated rings. The van der Waals surface area contributed by atoms with Crippen molar-refractivity contribution in [3.8, 4) is 6.07 Å². The minimum Gasteiger partial charge on any atom is -0.394 e. The highest BCUT2D eigenvalue weighted by molar-refractivity contribution is 5.92. The summed E-state index contributed by atoms with van der Waals surface area (Å²) in [4.78, 5) is 14.1. The van der Waals surface area contributed by atoms with Crippen molar-refractivity contribution in [1.29, 1.82) is 5.26 Å². The first-order valence-electron chi connectivity index (χ1n) is 7.34. The molecule has 1 N–H and O–H groups in total. The highest BCUT2D eigenvalue weighted by atomic mass is 16.3. The Morgan fingerprint density at radius 3 is 3.05 bits per heavy atom. The van der Waals surface area contributed by atoms with Gasteiger partial charge in [-0.1, -0.05) is 25.0 Å². The maximum atomic E-state index is 12.3. The minimum absolute atomic E-state index is 0.0174. The molecule has 21 heavy (non-hydrogen) atoms. The fourth-order valence-corrected chi connectivity index (χ4v) is 2.63. The molecule has 1 aromatic rings. The monoisotopic (exact) mass is 284 g/mol. The molecule has 1 aromatic carbocycles. The van der Waals surface area contributed by atoms with Crippen LogP contribution in [0, 0.1) is 11.3 Å². The van der Waals surface area contributed by atoms with E-state index in [0.29, 0.717) is 12.1 Å². The third kappa shape index (κ3) is 4.17. The summed E-state index contributed by atoms with van der Waals surface area (Å²) in [7, 11) is 0. The second kappa shape index (κ2) is 7.61. The van der Waals surface area contributed by atoms with Gasteiger partial charge in [-0.15, -0.1) is 0 Å². The molecule has 0 aromatic heterocycles. The molecule has 2 rings (SSSR count). The zero-order valence-electron chi connectivity index (χ0n) is 12.0. The maximum absolute atomic E-state index is 12.3. The molecule has 1 amide bonds. The fourth-order valence-electron chi connectivity index (χ4n) is 2.63. The summed E-state index contributed by atoms with van der Waals surface area (Å²) >= 11 is 0. The number of aliphatic hydroxyl groups is 1. The molecule has 0 radical (unpaired) electrons. The van der Waals surface area contributed by atoms with Crippen molar-refractivity contribution in [2.45, 2.75) is 31.7 Å². The molecule has 0 saturated carbocycles. The highest BCUT2D eigenvalue weighted by Crippen LogP contribution is 2.17. The van der Waals surface area contributed by atoms with E-state index in [9.17, 15) is 9.90 Å². The van der Waals surface area contributed by atoms with E-state index >= 15 is 0 Å². The average molecular weight is 284 g/mol. The fraction of sp³-hybridized carbons (Fsp3) is 0.412. The van der Waals surface area contributed by atoms with Crippen LogP contribution < -0.4 is 0 Å². The lowest BCUT2D eigenvalue weighted by molar-refractivity contribution is -0.129. The lowest BCUT2D eigenvalue weighted by Crippen LogP contribution is -2.41. The molecule has 1 atom stereocenters. The van der Waals surface area contributed by atoms with Crippen molar-refractivity contribution in [2.75, 3.05) is 13.2 Å². The number of amides is 1. The van der Waals surface area contributed by atoms with Crippen LogP contribution in [0.15, 0.2) is 30.3 Å². The van der Waals surface area contributed by atoms with Crippen LogP contribution in [0.3, 0.4) is 0 Å². The van der Waals surface area contributed by atoms with E-state index in [4.69, 9.17) is 5.26 Å². The van der Waals surface area contributed by atoms with Gasteiger partial charge >= 0.3 is 0 Å². The molecule has 1 heterocycles. The Hall–Kier alpha value is -2.12. The van der Waals surface area contributed by atoms with Crippen LogP contribution in [0.4, 0.5) is 0 Å². The van der Waals surface area contributed by atoms with Crippen molar-refractivity contribution in [1.82, 2.24) is 4.90 Å². The molecule has 1 unspecified atom stereocenters. The van der Waals surface area contributed by atoms with Gasteiger partial charge in [-0.25, -0.2) is 0 Å². The Bertz CT molecular complexity index is 560. The van der Waals surface area contributed by atoms with Crippen molar-refractivity contribution >= 4 is 12.0 Å². The molecule has 0 aliphatic carbocycles. The van der Waals surface area contributed by atoms with E-state index in [-0.39, 0.29) is 18.6 Å². The summed E-state index contributed by atoms with van der Waals surface area (Å²) in [6.45, 7) is 0.718. The van der Waals surface area contributed by atoms with Crippen LogP contribution in [0.2, 0.25) is 0 Å². The van der Waals surface area contributed by atoms with E-state index in [1.54, 1.807) is 29.2 Å². The molecule has 1 aliphatic rings. The summed E-state index contributed by atoms with van der Waals surface area (Å²) < 4.78 is 0. The van der Waals surface area contributed by atoms with Gasteiger partial charge in [-0.2, -0.15) is 5.26 Å². The van der Waals surface area contributed by atoms with E-state index in [1.807, 2.05) is 6.07 Å². The van der Waals surface area contributed by atoms with Crippen LogP contribution in [-0.4, -0.2) is 35.1 Å². The van der Waals surface area contributed by atoms with Gasteiger partial charge in [0, 0.05) is 12.6 Å². The van der Waals surface area contributed by atoms with Crippen LogP contribution >= 0.6 is 0 Å². The smallest absolute Gasteiger partial charge is 0.246 e. The van der Waals surface area contributed by atoms with Gasteiger partial charge in [0.2, 0.25) is 5.91 Å². The molecular formula is C17H20N2O2. The van der Waals surface area contributed by atoms with Gasteiger partial charge in [0.1, 0.15) is 0 Å². The summed E-state index contributed by atoms with van der Waals surface area (Å²) in [5, 5.41) is 18.3. The standard InChI is InChI=1S/C17H20N2O2/c18-12-15-6-4-5-14(11-15)8-9-17(21)19-10-3-1-2-7-16(19)13-20/h4-6,8-9,11,16,20H,1-3,7,10,13H2/b9-8+. The molecule has 0 bridgehead atoms. The Labute approximate surface area is 125 Å². The normalized spacial score (nSPS) is 19.2. The van der Waals surface area contributed by atoms with Crippen molar-refractivity contribution in [3.05, 3.63) is 41.5 Å². The number of benzene rings is 1. The Kier molecular flexibility index (Phi) is 5.53. The topological polar surface area (TPSA) is 64.3 Å². The van der Waals surface area contributed by atoms with Crippen molar-refractivity contribution in [2.24, 2.45) is 0 Å². The Morgan fingerprint density at radius 2 is 2.29 bits per heavy atom. The highest BCUT2D eigenvalue weighted by Gasteiger charge is 2.23. The molecule has 0 spiro atoms. The first-order valence-corrected chi connectivity index (χ1v) is 7.34. The summed E-state index contributed by atoms with van der Waals surface area (Å²) in [5.74, 6) is -0.0710. The summed E-state index contributed by atoms with van der Waals surface area (Å²) in [5.41, 5.74) is 1.41. The minimum atomic E-state index is -0.0740. The van der Waals surface area contributed by atoms with Gasteiger partial charge < -0.3 is 10.0 Å². The van der Waals surface area contributed by atoms with Crippen LogP contribution in [0.1, 0.15) is 36.8 Å². The van der Waals surface area contributed by atoms with E-state index in [1.165, 1.54) is 6.08 Å². The van der Waals surface area contributed by atoms with E-state index in [0.717, 1.165) is 31.2 Å². The quantitative estimate of drug-likeness (QED) is 0.866. The van der Waals surface area contributed by atoms with E-state index < -0.39 is 0 Å². The Balaban J connectivity index is 2.08. The predicted molar refractivity (Wildman–Crippen MR) is 81.2 cm³/mol. The third-order valence-corrected chi connectivity index (χ3v) is 3.81. The third-order valence-electron chi connectivity index (χ3n) is 3.81.